The van der Waals surface area contributed by atoms with Crippen LogP contribution in [-0.4, -0.2) is 68.6 Å². The van der Waals surface area contributed by atoms with Crippen molar-refractivity contribution in [3.8, 4) is 0 Å². The van der Waals surface area contributed by atoms with Crippen LogP contribution in [-0.2, 0) is 10.2 Å². The van der Waals surface area contributed by atoms with Crippen molar-refractivity contribution in [2.24, 2.45) is 5.92 Å². The van der Waals surface area contributed by atoms with Crippen molar-refractivity contribution in [3.63, 3.8) is 0 Å². The molecule has 1 aliphatic carbocycles. The molecule has 21 heavy (non-hydrogen) atoms. The minimum absolute atomic E-state index is 0.0424. The third-order valence-corrected chi connectivity index (χ3v) is 6.67. The molecule has 7 heteroatoms. The van der Waals surface area contributed by atoms with E-state index in [0.717, 1.165) is 38.5 Å². The molecule has 0 radical (unpaired) electrons. The van der Waals surface area contributed by atoms with Crippen LogP contribution in [0.1, 0.15) is 38.5 Å². The maximum atomic E-state index is 12.5. The number of hydrogen-bond donors (Lipinski definition) is 2. The molecule has 0 bridgehead atoms. The molecule has 0 aromatic carbocycles. The zero-order valence-corrected chi connectivity index (χ0v) is 14.0. The quantitative estimate of drug-likeness (QED) is 0.743. The normalized spacial score (nSPS) is 27.3. The predicted molar refractivity (Wildman–Crippen MR) is 83.2 cm³/mol. The summed E-state index contributed by atoms with van der Waals surface area (Å²) in [4.78, 5) is 2.16. The lowest BCUT2D eigenvalue weighted by molar-refractivity contribution is 0.154. The topological polar surface area (TPSA) is 72.9 Å². The van der Waals surface area contributed by atoms with Gasteiger partial charge in [0.2, 0.25) is 0 Å². The summed E-state index contributed by atoms with van der Waals surface area (Å²) in [7, 11) is 0.620. The first-order valence-corrected chi connectivity index (χ1v) is 9.37. The summed E-state index contributed by atoms with van der Waals surface area (Å²) in [6, 6.07) is 0. The maximum absolute atomic E-state index is 12.5. The molecule has 124 valence electrons. The molecule has 0 aromatic rings. The van der Waals surface area contributed by atoms with Crippen LogP contribution in [0, 0.1) is 5.92 Å². The van der Waals surface area contributed by atoms with Crippen molar-refractivity contribution in [3.05, 3.63) is 0 Å². The van der Waals surface area contributed by atoms with Gasteiger partial charge in [-0.15, -0.1) is 0 Å². The number of hydrogen-bond acceptors (Lipinski definition) is 4. The monoisotopic (exact) mass is 319 g/mol. The van der Waals surface area contributed by atoms with Crippen LogP contribution in [0.5, 0.6) is 0 Å². The van der Waals surface area contributed by atoms with Gasteiger partial charge >= 0.3 is 0 Å². The Balaban J connectivity index is 1.97. The van der Waals surface area contributed by atoms with Gasteiger partial charge in [-0.05, 0) is 45.7 Å². The van der Waals surface area contributed by atoms with Gasteiger partial charge in [0, 0.05) is 31.8 Å². The molecule has 2 fully saturated rings. The van der Waals surface area contributed by atoms with Crippen LogP contribution in [0.25, 0.3) is 0 Å². The minimum atomic E-state index is -3.44. The Bertz CT molecular complexity index is 433. The Hall–Kier alpha value is -0.210. The molecule has 1 saturated carbocycles. The molecule has 0 amide bonds. The van der Waals surface area contributed by atoms with E-state index in [0.29, 0.717) is 19.6 Å². The largest absolute Gasteiger partial charge is 0.396 e. The Morgan fingerprint density at radius 2 is 1.95 bits per heavy atom. The average molecular weight is 319 g/mol. The summed E-state index contributed by atoms with van der Waals surface area (Å²) in [5.41, 5.74) is -0.0424. The van der Waals surface area contributed by atoms with Crippen molar-refractivity contribution >= 4 is 10.2 Å². The summed E-state index contributed by atoms with van der Waals surface area (Å²) in [6.45, 7) is 1.53. The first-order chi connectivity index (χ1) is 9.89. The molecular formula is C14H29N3O3S. The summed E-state index contributed by atoms with van der Waals surface area (Å²) in [6.07, 6.45) is 6.14. The van der Waals surface area contributed by atoms with E-state index in [4.69, 9.17) is 0 Å². The fourth-order valence-electron chi connectivity index (χ4n) is 3.53. The smallest absolute Gasteiger partial charge is 0.279 e. The van der Waals surface area contributed by atoms with Crippen molar-refractivity contribution in [1.82, 2.24) is 13.9 Å². The van der Waals surface area contributed by atoms with Crippen molar-refractivity contribution in [2.75, 3.05) is 40.3 Å². The van der Waals surface area contributed by atoms with Gasteiger partial charge < -0.3 is 10.0 Å². The summed E-state index contributed by atoms with van der Waals surface area (Å²) >= 11 is 0. The van der Waals surface area contributed by atoms with E-state index in [1.54, 1.807) is 0 Å². The van der Waals surface area contributed by atoms with E-state index in [-0.39, 0.29) is 18.1 Å². The third-order valence-electron chi connectivity index (χ3n) is 5.15. The van der Waals surface area contributed by atoms with Gasteiger partial charge in [0.25, 0.3) is 10.2 Å². The second kappa shape index (κ2) is 6.91. The Morgan fingerprint density at radius 1 is 1.29 bits per heavy atom. The summed E-state index contributed by atoms with van der Waals surface area (Å²) in [5.74, 6) is 0.0737. The van der Waals surface area contributed by atoms with Gasteiger partial charge in [0.1, 0.15) is 0 Å². The summed E-state index contributed by atoms with van der Waals surface area (Å²) < 4.78 is 29.3. The van der Waals surface area contributed by atoms with Crippen LogP contribution >= 0.6 is 0 Å². The third kappa shape index (κ3) is 3.96. The molecule has 2 rings (SSSR count). The highest BCUT2D eigenvalue weighted by Crippen LogP contribution is 2.33. The van der Waals surface area contributed by atoms with Gasteiger partial charge in [-0.25, -0.2) is 4.72 Å². The highest BCUT2D eigenvalue weighted by atomic mass is 32.2. The fraction of sp³-hybridized carbons (Fsp3) is 1.00. The van der Waals surface area contributed by atoms with Gasteiger partial charge in [-0.3, -0.25) is 0 Å². The standard InChI is InChI=1S/C14H29N3O3S/c1-16(2)14(7-3-4-8-14)12-15-21(19,20)17-9-5-6-13(10-17)11-18/h13,15,18H,3-12H2,1-2H3. The number of piperidine rings is 1. The average Bonchev–Trinajstić information content (AvgIpc) is 2.96. The molecule has 2 N–H and O–H groups in total. The van der Waals surface area contributed by atoms with E-state index in [9.17, 15) is 13.5 Å². The van der Waals surface area contributed by atoms with Crippen LogP contribution < -0.4 is 4.72 Å². The second-order valence-electron chi connectivity index (χ2n) is 6.70. The van der Waals surface area contributed by atoms with Crippen molar-refractivity contribution in [2.45, 2.75) is 44.1 Å². The molecule has 0 aromatic heterocycles. The van der Waals surface area contributed by atoms with E-state index in [2.05, 4.69) is 9.62 Å². The highest BCUT2D eigenvalue weighted by molar-refractivity contribution is 7.87. The lowest BCUT2D eigenvalue weighted by atomic mass is 9.97. The molecule has 1 heterocycles. The van der Waals surface area contributed by atoms with Crippen molar-refractivity contribution < 1.29 is 13.5 Å². The number of likely N-dealkylation sites (N-methyl/N-ethyl adjacent to an activating group) is 1. The number of rotatable bonds is 6. The Kier molecular flexibility index (Phi) is 5.65. The maximum Gasteiger partial charge on any atom is 0.279 e. The van der Waals surface area contributed by atoms with Gasteiger partial charge in [-0.1, -0.05) is 12.8 Å². The first kappa shape index (κ1) is 17.1. The molecule has 1 atom stereocenters. The van der Waals surface area contributed by atoms with E-state index in [1.807, 2.05) is 14.1 Å². The van der Waals surface area contributed by atoms with Gasteiger partial charge in [-0.2, -0.15) is 12.7 Å². The second-order valence-corrected chi connectivity index (χ2v) is 8.46. The Morgan fingerprint density at radius 3 is 2.52 bits per heavy atom. The van der Waals surface area contributed by atoms with Crippen LogP contribution in [0.4, 0.5) is 0 Å². The molecule has 0 spiro atoms. The van der Waals surface area contributed by atoms with Crippen LogP contribution in [0.15, 0.2) is 0 Å². The predicted octanol–water partition coefficient (Wildman–Crippen LogP) is 0.400. The minimum Gasteiger partial charge on any atom is -0.396 e. The van der Waals surface area contributed by atoms with Crippen molar-refractivity contribution in [1.29, 1.82) is 0 Å². The van der Waals surface area contributed by atoms with E-state index < -0.39 is 10.2 Å². The molecule has 1 unspecified atom stereocenters. The summed E-state index contributed by atoms with van der Waals surface area (Å²) in [5, 5.41) is 9.24. The lowest BCUT2D eigenvalue weighted by Crippen LogP contribution is -2.54. The Labute approximate surface area is 128 Å². The zero-order valence-electron chi connectivity index (χ0n) is 13.2. The number of aliphatic hydroxyl groups excluding tert-OH is 1. The number of nitrogens with zero attached hydrogens (tertiary/aromatic N) is 2. The molecule has 2 aliphatic rings. The number of aliphatic hydroxyl groups is 1. The highest BCUT2D eigenvalue weighted by Gasteiger charge is 2.38. The lowest BCUT2D eigenvalue weighted by Gasteiger charge is -2.38. The molecule has 6 nitrogen and oxygen atoms in total. The first-order valence-electron chi connectivity index (χ1n) is 7.93. The number of nitrogens with one attached hydrogen (secondary N) is 1. The SMILES string of the molecule is CN(C)C1(CNS(=O)(=O)N2CCCC(CO)C2)CCCC1. The fourth-order valence-corrected chi connectivity index (χ4v) is 4.94. The van der Waals surface area contributed by atoms with Gasteiger partial charge in [0.15, 0.2) is 0 Å². The zero-order chi connectivity index (χ0) is 15.5. The van der Waals surface area contributed by atoms with Crippen LogP contribution in [0.3, 0.4) is 0 Å². The molecular weight excluding hydrogens is 290 g/mol. The van der Waals surface area contributed by atoms with Gasteiger partial charge in [0.05, 0.1) is 0 Å². The van der Waals surface area contributed by atoms with E-state index >= 15 is 0 Å². The molecule has 1 saturated heterocycles. The molecule has 1 aliphatic heterocycles. The van der Waals surface area contributed by atoms with Crippen LogP contribution in [0.2, 0.25) is 0 Å². The van der Waals surface area contributed by atoms with E-state index in [1.165, 1.54) is 4.31 Å².